The molecule has 2 amide bonds. The minimum Gasteiger partial charge on any atom is -0.384 e. The highest BCUT2D eigenvalue weighted by Gasteiger charge is 2.18. The van der Waals surface area contributed by atoms with Crippen LogP contribution in [0.1, 0.15) is 31.8 Å². The molecule has 0 fully saturated rings. The Morgan fingerprint density at radius 3 is 1.86 bits per heavy atom. The zero-order chi connectivity index (χ0) is 24.6. The average molecular weight is 465 g/mol. The zero-order valence-electron chi connectivity index (χ0n) is 18.8. The van der Waals surface area contributed by atoms with Crippen LogP contribution in [0.15, 0.2) is 103 Å². The maximum Gasteiger partial charge on any atom is 0.275 e. The third kappa shape index (κ3) is 5.79. The second kappa shape index (κ2) is 10.9. The fourth-order valence-electron chi connectivity index (χ4n) is 3.58. The lowest BCUT2D eigenvalue weighted by Crippen LogP contribution is -2.24. The monoisotopic (exact) mass is 464 g/mol. The highest BCUT2D eigenvalue weighted by atomic mass is 16.6. The van der Waals surface area contributed by atoms with Crippen LogP contribution in [-0.4, -0.2) is 17.6 Å². The highest BCUT2D eigenvalue weighted by molar-refractivity contribution is 6.11. The van der Waals surface area contributed by atoms with Gasteiger partial charge in [-0.25, -0.2) is 5.48 Å². The third-order valence-corrected chi connectivity index (χ3v) is 5.33. The molecule has 0 aliphatic heterocycles. The molecule has 0 bridgehead atoms. The molecule has 0 radical (unpaired) electrons. The van der Waals surface area contributed by atoms with E-state index in [1.165, 1.54) is 0 Å². The first kappa shape index (κ1) is 23.4. The van der Waals surface area contributed by atoms with Crippen LogP contribution in [0, 0.1) is 5.41 Å². The maximum absolute atomic E-state index is 13.1. The van der Waals surface area contributed by atoms with Gasteiger partial charge in [-0.15, -0.1) is 0 Å². The van der Waals surface area contributed by atoms with E-state index in [0.717, 1.165) is 5.56 Å². The van der Waals surface area contributed by atoms with Crippen molar-refractivity contribution in [2.45, 2.75) is 6.61 Å². The van der Waals surface area contributed by atoms with Gasteiger partial charge in [-0.2, -0.15) is 0 Å². The van der Waals surface area contributed by atoms with Gasteiger partial charge in [-0.1, -0.05) is 66.7 Å². The number of hydrogen-bond donors (Lipinski definition) is 4. The molecular formula is C28H24N4O3. The summed E-state index contributed by atoms with van der Waals surface area (Å²) in [5.41, 5.74) is 12.1. The Morgan fingerprint density at radius 2 is 1.26 bits per heavy atom. The van der Waals surface area contributed by atoms with Crippen molar-refractivity contribution in [3.63, 3.8) is 0 Å². The van der Waals surface area contributed by atoms with Crippen LogP contribution in [0.2, 0.25) is 0 Å². The minimum atomic E-state index is -0.411. The standard InChI is InChI=1S/C28H24N4O3/c29-26(30)20-14-16-21(17-15-20)31-27(33)24-12-6-4-10-22(24)23-11-5-7-13-25(23)28(34)32-35-18-19-8-2-1-3-9-19/h1-17H,18H2,(H3,29,30)(H,31,33)(H,32,34). The molecule has 7 nitrogen and oxygen atoms in total. The van der Waals surface area contributed by atoms with E-state index in [9.17, 15) is 9.59 Å². The van der Waals surface area contributed by atoms with Crippen LogP contribution >= 0.6 is 0 Å². The molecule has 0 aliphatic carbocycles. The van der Waals surface area contributed by atoms with Gasteiger partial charge >= 0.3 is 0 Å². The first-order valence-corrected chi connectivity index (χ1v) is 10.9. The largest absolute Gasteiger partial charge is 0.384 e. The summed E-state index contributed by atoms with van der Waals surface area (Å²) in [7, 11) is 0. The van der Waals surface area contributed by atoms with Crippen LogP contribution in [0.25, 0.3) is 11.1 Å². The number of carbonyl (C=O) groups excluding carboxylic acids is 2. The van der Waals surface area contributed by atoms with E-state index >= 15 is 0 Å². The van der Waals surface area contributed by atoms with Crippen molar-refractivity contribution in [1.82, 2.24) is 5.48 Å². The second-order valence-corrected chi connectivity index (χ2v) is 7.74. The first-order chi connectivity index (χ1) is 17.0. The van der Waals surface area contributed by atoms with Crippen molar-refractivity contribution in [3.05, 3.63) is 125 Å². The molecule has 0 spiro atoms. The Bertz CT molecular complexity index is 1350. The summed E-state index contributed by atoms with van der Waals surface area (Å²) in [5.74, 6) is -0.783. The minimum absolute atomic E-state index is 0.0455. The number of nitrogen functional groups attached to an aromatic ring is 1. The fourth-order valence-corrected chi connectivity index (χ4v) is 3.58. The van der Waals surface area contributed by atoms with Gasteiger partial charge in [-0.3, -0.25) is 19.8 Å². The van der Waals surface area contributed by atoms with Crippen LogP contribution in [0.3, 0.4) is 0 Å². The lowest BCUT2D eigenvalue weighted by Gasteiger charge is -2.14. The molecule has 4 aromatic rings. The molecule has 0 aromatic heterocycles. The molecule has 0 saturated heterocycles. The summed E-state index contributed by atoms with van der Waals surface area (Å²) < 4.78 is 0. The van der Waals surface area contributed by atoms with Crippen LogP contribution in [-0.2, 0) is 11.4 Å². The summed E-state index contributed by atoms with van der Waals surface area (Å²) in [5, 5.41) is 10.4. The van der Waals surface area contributed by atoms with Crippen LogP contribution in [0.4, 0.5) is 5.69 Å². The third-order valence-electron chi connectivity index (χ3n) is 5.33. The van der Waals surface area contributed by atoms with Gasteiger partial charge in [0.25, 0.3) is 11.8 Å². The molecule has 7 heteroatoms. The van der Waals surface area contributed by atoms with Crippen LogP contribution in [0.5, 0.6) is 0 Å². The van der Waals surface area contributed by atoms with E-state index in [1.807, 2.05) is 42.5 Å². The molecule has 35 heavy (non-hydrogen) atoms. The predicted octanol–water partition coefficient (Wildman–Crippen LogP) is 4.75. The van der Waals surface area contributed by atoms with E-state index in [-0.39, 0.29) is 18.3 Å². The quantitative estimate of drug-likeness (QED) is 0.171. The normalized spacial score (nSPS) is 10.4. The summed E-state index contributed by atoms with van der Waals surface area (Å²) in [4.78, 5) is 31.5. The SMILES string of the molecule is N=C(N)c1ccc(NC(=O)c2ccccc2-c2ccccc2C(=O)NOCc2ccccc2)cc1. The van der Waals surface area contributed by atoms with Gasteiger partial charge in [-0.05, 0) is 53.1 Å². The van der Waals surface area contributed by atoms with Crippen molar-refractivity contribution in [3.8, 4) is 11.1 Å². The number of amidine groups is 1. The van der Waals surface area contributed by atoms with Gasteiger partial charge < -0.3 is 11.1 Å². The van der Waals surface area contributed by atoms with Gasteiger partial charge in [0.15, 0.2) is 0 Å². The van der Waals surface area contributed by atoms with Crippen molar-refractivity contribution >= 4 is 23.3 Å². The van der Waals surface area contributed by atoms with Gasteiger partial charge in [0.2, 0.25) is 0 Å². The summed E-state index contributed by atoms with van der Waals surface area (Å²) in [6, 6.07) is 30.3. The molecule has 4 aromatic carbocycles. The summed E-state index contributed by atoms with van der Waals surface area (Å²) >= 11 is 0. The molecule has 0 saturated carbocycles. The topological polar surface area (TPSA) is 117 Å². The number of rotatable bonds is 8. The Balaban J connectivity index is 1.54. The number of nitrogens with two attached hydrogens (primary N) is 1. The Hall–Kier alpha value is -4.75. The lowest BCUT2D eigenvalue weighted by molar-refractivity contribution is 0.0234. The summed E-state index contributed by atoms with van der Waals surface area (Å²) in [6.07, 6.45) is 0. The van der Waals surface area contributed by atoms with Gasteiger partial charge in [0.1, 0.15) is 5.84 Å². The van der Waals surface area contributed by atoms with E-state index < -0.39 is 5.91 Å². The number of hydroxylamine groups is 1. The summed E-state index contributed by atoms with van der Waals surface area (Å²) in [6.45, 7) is 0.232. The number of hydrogen-bond acceptors (Lipinski definition) is 4. The Morgan fingerprint density at radius 1 is 0.714 bits per heavy atom. The van der Waals surface area contributed by atoms with Crippen molar-refractivity contribution in [2.75, 3.05) is 5.32 Å². The molecular weight excluding hydrogens is 440 g/mol. The van der Waals surface area contributed by atoms with E-state index in [0.29, 0.717) is 33.5 Å². The van der Waals surface area contributed by atoms with Crippen molar-refractivity contribution in [1.29, 1.82) is 5.41 Å². The van der Waals surface area contributed by atoms with Gasteiger partial charge in [0, 0.05) is 22.4 Å². The van der Waals surface area contributed by atoms with E-state index in [4.69, 9.17) is 16.0 Å². The first-order valence-electron chi connectivity index (χ1n) is 10.9. The number of nitrogens with one attached hydrogen (secondary N) is 3. The van der Waals surface area contributed by atoms with E-state index in [2.05, 4.69) is 10.8 Å². The number of anilines is 1. The van der Waals surface area contributed by atoms with Gasteiger partial charge in [0.05, 0.1) is 6.61 Å². The molecule has 0 atom stereocenters. The predicted molar refractivity (Wildman–Crippen MR) is 136 cm³/mol. The number of carbonyl (C=O) groups is 2. The Kier molecular flexibility index (Phi) is 7.30. The van der Waals surface area contributed by atoms with Crippen molar-refractivity contribution in [2.24, 2.45) is 5.73 Å². The molecule has 5 N–H and O–H groups in total. The highest BCUT2D eigenvalue weighted by Crippen LogP contribution is 2.28. The molecule has 4 rings (SSSR count). The van der Waals surface area contributed by atoms with Crippen molar-refractivity contribution < 1.29 is 14.4 Å². The molecule has 0 unspecified atom stereocenters. The van der Waals surface area contributed by atoms with E-state index in [1.54, 1.807) is 60.7 Å². The smallest absolute Gasteiger partial charge is 0.275 e. The molecule has 0 heterocycles. The fraction of sp³-hybridized carbons (Fsp3) is 0.0357. The Labute approximate surface area is 203 Å². The molecule has 174 valence electrons. The lowest BCUT2D eigenvalue weighted by atomic mass is 9.94. The maximum atomic E-state index is 13.1. The number of amides is 2. The van der Waals surface area contributed by atoms with Crippen LogP contribution < -0.4 is 16.5 Å². The zero-order valence-corrected chi connectivity index (χ0v) is 18.8. The second-order valence-electron chi connectivity index (χ2n) is 7.74. The number of benzene rings is 4. The average Bonchev–Trinajstić information content (AvgIpc) is 2.89. The molecule has 0 aliphatic rings.